The van der Waals surface area contributed by atoms with Gasteiger partial charge in [-0.15, -0.1) is 0 Å². The molecule has 1 aromatic carbocycles. The lowest BCUT2D eigenvalue weighted by molar-refractivity contribution is 0.0693. The largest absolute Gasteiger partial charge is 0.547 e. The van der Waals surface area contributed by atoms with Crippen molar-refractivity contribution in [1.82, 2.24) is 25.2 Å². The van der Waals surface area contributed by atoms with Gasteiger partial charge in [0.1, 0.15) is 5.75 Å². The van der Waals surface area contributed by atoms with Crippen LogP contribution in [0.2, 0.25) is 0 Å². The predicted molar refractivity (Wildman–Crippen MR) is 143 cm³/mol. The highest BCUT2D eigenvalue weighted by Gasteiger charge is 2.37. The number of para-hydroxylation sites is 1. The minimum absolute atomic E-state index is 0.0312. The summed E-state index contributed by atoms with van der Waals surface area (Å²) in [6, 6.07) is 19.8. The van der Waals surface area contributed by atoms with Gasteiger partial charge in [-0.1, -0.05) is 24.3 Å². The number of fused-ring (bicyclic) bond motifs is 1. The molecule has 4 heterocycles. The summed E-state index contributed by atoms with van der Waals surface area (Å²) in [5, 5.41) is 22.6. The number of benzene rings is 1. The Morgan fingerprint density at radius 3 is 2.13 bits per heavy atom. The van der Waals surface area contributed by atoms with Crippen LogP contribution in [0.5, 0.6) is 5.75 Å². The maximum Gasteiger partial charge on any atom is 0.547 e. The van der Waals surface area contributed by atoms with Crippen molar-refractivity contribution >= 4 is 19.0 Å². The van der Waals surface area contributed by atoms with E-state index in [9.17, 15) is 19.7 Å². The fraction of sp³-hybridized carbons (Fsp3) is 0.179. The summed E-state index contributed by atoms with van der Waals surface area (Å²) in [4.78, 5) is 39.9. The number of carboxylic acid groups (broad SMARTS) is 1. The molecule has 196 valence electrons. The molecule has 1 aliphatic rings. The van der Waals surface area contributed by atoms with Crippen molar-refractivity contribution in [3.63, 3.8) is 0 Å². The van der Waals surface area contributed by atoms with Crippen LogP contribution in [0, 0.1) is 0 Å². The van der Waals surface area contributed by atoms with E-state index in [2.05, 4.69) is 25.2 Å². The van der Waals surface area contributed by atoms with Crippen LogP contribution in [0.3, 0.4) is 0 Å². The molecule has 1 amide bonds. The summed E-state index contributed by atoms with van der Waals surface area (Å²) in [5.74, 6) is -2.19. The summed E-state index contributed by atoms with van der Waals surface area (Å²) in [6.07, 6.45) is 5.25. The van der Waals surface area contributed by atoms with Gasteiger partial charge in [0.2, 0.25) is 0 Å². The van der Waals surface area contributed by atoms with E-state index in [4.69, 9.17) is 4.65 Å². The average molecular weight is 523 g/mol. The van der Waals surface area contributed by atoms with Crippen LogP contribution in [0.4, 0.5) is 0 Å². The Morgan fingerprint density at radius 1 is 0.897 bits per heavy atom. The minimum atomic E-state index is -1.39. The van der Waals surface area contributed by atoms with E-state index >= 15 is 0 Å². The Labute approximate surface area is 225 Å². The van der Waals surface area contributed by atoms with E-state index in [0.717, 1.165) is 17.1 Å². The first-order chi connectivity index (χ1) is 19.0. The molecule has 1 atom stereocenters. The smallest absolute Gasteiger partial charge is 0.534 e. The van der Waals surface area contributed by atoms with E-state index in [-0.39, 0.29) is 17.7 Å². The maximum absolute atomic E-state index is 12.9. The molecule has 1 aliphatic heterocycles. The molecule has 0 aliphatic carbocycles. The van der Waals surface area contributed by atoms with E-state index in [1.807, 2.05) is 36.4 Å². The molecular weight excluding hydrogens is 497 g/mol. The zero-order valence-corrected chi connectivity index (χ0v) is 21.0. The molecule has 11 heteroatoms. The molecule has 0 saturated carbocycles. The third-order valence-electron chi connectivity index (χ3n) is 6.36. The maximum atomic E-state index is 12.9. The number of pyridine rings is 3. The van der Waals surface area contributed by atoms with Crippen molar-refractivity contribution in [1.29, 1.82) is 0 Å². The predicted octanol–water partition coefficient (Wildman–Crippen LogP) is 2.53. The monoisotopic (exact) mass is 523 g/mol. The van der Waals surface area contributed by atoms with Crippen LogP contribution in [0.25, 0.3) is 0 Å². The molecule has 0 spiro atoms. The highest BCUT2D eigenvalue weighted by molar-refractivity contribution is 6.47. The van der Waals surface area contributed by atoms with E-state index < -0.39 is 24.9 Å². The lowest BCUT2D eigenvalue weighted by Gasteiger charge is -2.28. The summed E-state index contributed by atoms with van der Waals surface area (Å²) < 4.78 is 5.46. The highest BCUT2D eigenvalue weighted by atomic mass is 16.5. The molecule has 4 aromatic rings. The third kappa shape index (κ3) is 6.46. The quantitative estimate of drug-likeness (QED) is 0.283. The lowest BCUT2D eigenvalue weighted by atomic mass is 9.72. The van der Waals surface area contributed by atoms with Crippen molar-refractivity contribution in [3.05, 3.63) is 119 Å². The van der Waals surface area contributed by atoms with E-state index in [0.29, 0.717) is 30.8 Å². The number of nitrogens with one attached hydrogen (secondary N) is 1. The first-order valence-corrected chi connectivity index (χ1v) is 12.4. The summed E-state index contributed by atoms with van der Waals surface area (Å²) in [6.45, 7) is 1.73. The van der Waals surface area contributed by atoms with Gasteiger partial charge in [-0.25, -0.2) is 4.79 Å². The van der Waals surface area contributed by atoms with Gasteiger partial charge in [-0.2, -0.15) is 0 Å². The van der Waals surface area contributed by atoms with Gasteiger partial charge in [0.25, 0.3) is 5.91 Å². The van der Waals surface area contributed by atoms with Crippen molar-refractivity contribution < 1.29 is 24.4 Å². The zero-order valence-electron chi connectivity index (χ0n) is 21.0. The normalized spacial score (nSPS) is 14.4. The molecule has 0 saturated heterocycles. The highest BCUT2D eigenvalue weighted by Crippen LogP contribution is 2.30. The van der Waals surface area contributed by atoms with Crippen LogP contribution >= 0.6 is 0 Å². The molecule has 0 fully saturated rings. The molecular formula is C28H26BN5O5. The number of aromatic nitrogens is 3. The second-order valence-electron chi connectivity index (χ2n) is 9.22. The first kappa shape index (κ1) is 26.0. The lowest BCUT2D eigenvalue weighted by Crippen LogP contribution is -2.53. The molecule has 0 radical (unpaired) electrons. The van der Waals surface area contributed by atoms with Crippen LogP contribution in [-0.2, 0) is 26.1 Å². The van der Waals surface area contributed by atoms with Crippen LogP contribution in [0.15, 0.2) is 85.3 Å². The van der Waals surface area contributed by atoms with Crippen molar-refractivity contribution in [2.24, 2.45) is 0 Å². The number of hydrogen-bond donors (Lipinski definition) is 3. The number of amides is 1. The Balaban J connectivity index is 1.25. The van der Waals surface area contributed by atoms with Gasteiger partial charge >= 0.3 is 13.1 Å². The average Bonchev–Trinajstić information content (AvgIpc) is 2.94. The molecule has 3 aromatic heterocycles. The fourth-order valence-corrected chi connectivity index (χ4v) is 4.46. The number of hydrogen-bond acceptors (Lipinski definition) is 8. The second-order valence-corrected chi connectivity index (χ2v) is 9.22. The fourth-order valence-electron chi connectivity index (χ4n) is 4.46. The summed E-state index contributed by atoms with van der Waals surface area (Å²) >= 11 is 0. The Hall–Kier alpha value is -4.61. The molecule has 0 unspecified atom stereocenters. The van der Waals surface area contributed by atoms with Gasteiger partial charge < -0.3 is 20.1 Å². The van der Waals surface area contributed by atoms with Crippen molar-refractivity contribution in [2.45, 2.75) is 32.0 Å². The molecule has 5 rings (SSSR count). The summed E-state index contributed by atoms with van der Waals surface area (Å²) in [5.41, 5.74) is 3.52. The minimum Gasteiger partial charge on any atom is -0.534 e. The number of nitrogens with zero attached hydrogens (tertiary/aromatic N) is 4. The standard InChI is InChI=1S/C28H26BN5O5/c35-27(33-25-14-19-6-5-9-24(28(36)37)26(19)39-29(25)38)20-10-11-23(32-15-20)18-34(16-21-7-1-3-12-30-21)17-22-8-2-4-13-31-22/h1-13,15,25,38H,14,16-18H2,(H,33,35)(H,36,37)/t25-/m1/s1. The van der Waals surface area contributed by atoms with Gasteiger partial charge in [0.05, 0.1) is 34.1 Å². The van der Waals surface area contributed by atoms with Crippen molar-refractivity contribution in [2.75, 3.05) is 0 Å². The van der Waals surface area contributed by atoms with Crippen LogP contribution in [-0.4, -0.2) is 54.9 Å². The van der Waals surface area contributed by atoms with Crippen LogP contribution < -0.4 is 9.97 Å². The van der Waals surface area contributed by atoms with Crippen molar-refractivity contribution in [3.8, 4) is 5.75 Å². The number of aromatic carboxylic acids is 1. The van der Waals surface area contributed by atoms with Gasteiger partial charge in [0, 0.05) is 38.2 Å². The van der Waals surface area contributed by atoms with Crippen LogP contribution in [0.1, 0.15) is 43.4 Å². The second kappa shape index (κ2) is 11.8. The number of rotatable bonds is 9. The van der Waals surface area contributed by atoms with Gasteiger partial charge in [0.15, 0.2) is 0 Å². The zero-order chi connectivity index (χ0) is 27.2. The number of carboxylic acids is 1. The summed E-state index contributed by atoms with van der Waals surface area (Å²) in [7, 11) is -1.39. The van der Waals surface area contributed by atoms with E-state index in [1.165, 1.54) is 12.3 Å². The molecule has 3 N–H and O–H groups in total. The van der Waals surface area contributed by atoms with Gasteiger partial charge in [-0.05, 0) is 54.4 Å². The Bertz CT molecular complexity index is 1400. The van der Waals surface area contributed by atoms with E-state index in [1.54, 1.807) is 36.7 Å². The molecule has 0 bridgehead atoms. The first-order valence-electron chi connectivity index (χ1n) is 12.4. The topological polar surface area (TPSA) is 138 Å². The number of carbonyl (C=O) groups is 2. The third-order valence-corrected chi connectivity index (χ3v) is 6.36. The SMILES string of the molecule is O=C(N[C@@H]1Cc2cccc(C(=O)O)c2OB1O)c1ccc(CN(Cc2ccccn2)Cc2ccccn2)nc1. The molecule has 10 nitrogen and oxygen atoms in total. The van der Waals surface area contributed by atoms with Gasteiger partial charge in [-0.3, -0.25) is 24.6 Å². The molecule has 39 heavy (non-hydrogen) atoms. The number of carbonyl (C=O) groups excluding carboxylic acids is 1. The Kier molecular flexibility index (Phi) is 7.90. The Morgan fingerprint density at radius 2 is 1.56 bits per heavy atom.